The lowest BCUT2D eigenvalue weighted by Gasteiger charge is -2.45. The Bertz CT molecular complexity index is 655. The first-order chi connectivity index (χ1) is 14.3. The maximum absolute atomic E-state index is 12.6. The predicted octanol–water partition coefficient (Wildman–Crippen LogP) is 7.01. The molecule has 1 aliphatic carbocycles. The highest BCUT2D eigenvalue weighted by atomic mass is 28.4. The molecule has 0 aromatic carbocycles. The first kappa shape index (κ1) is 27.8. The van der Waals surface area contributed by atoms with Crippen molar-refractivity contribution in [2.75, 3.05) is 0 Å². The van der Waals surface area contributed by atoms with E-state index >= 15 is 0 Å². The molecule has 1 aliphatic rings. The van der Waals surface area contributed by atoms with Crippen LogP contribution in [0.5, 0.6) is 0 Å². The number of rotatable bonds is 10. The van der Waals surface area contributed by atoms with E-state index < -0.39 is 8.32 Å². The fourth-order valence-corrected chi connectivity index (χ4v) is 5.33. The van der Waals surface area contributed by atoms with E-state index in [2.05, 4.69) is 65.9 Å². The van der Waals surface area contributed by atoms with Gasteiger partial charge in [-0.25, -0.2) is 0 Å². The number of esters is 1. The summed E-state index contributed by atoms with van der Waals surface area (Å²) in [4.78, 5) is 24.3. The number of carbonyl (C=O) groups excluding carboxylic acids is 2. The molecule has 178 valence electrons. The Hall–Kier alpha value is -1.20. The molecule has 0 bridgehead atoms. The van der Waals surface area contributed by atoms with Crippen molar-refractivity contribution in [3.8, 4) is 0 Å². The van der Waals surface area contributed by atoms with Crippen LogP contribution in [-0.2, 0) is 18.8 Å². The summed E-state index contributed by atoms with van der Waals surface area (Å²) in [5, 5.41) is 0.119. The molecule has 0 saturated heterocycles. The maximum Gasteiger partial charge on any atom is 0.306 e. The summed E-state index contributed by atoms with van der Waals surface area (Å²) in [5.41, 5.74) is 1.33. The molecule has 3 atom stereocenters. The van der Waals surface area contributed by atoms with Crippen LogP contribution in [0.25, 0.3) is 0 Å². The summed E-state index contributed by atoms with van der Waals surface area (Å²) < 4.78 is 12.0. The molecule has 31 heavy (non-hydrogen) atoms. The molecule has 0 N–H and O–H groups in total. The van der Waals surface area contributed by atoms with E-state index in [0.29, 0.717) is 25.0 Å². The summed E-state index contributed by atoms with van der Waals surface area (Å²) in [7, 11) is -1.96. The molecule has 0 unspecified atom stereocenters. The zero-order valence-electron chi connectivity index (χ0n) is 21.4. The van der Waals surface area contributed by atoms with E-state index in [4.69, 9.17) is 9.16 Å². The molecule has 4 nitrogen and oxygen atoms in total. The van der Waals surface area contributed by atoms with Crippen LogP contribution in [0.3, 0.4) is 0 Å². The van der Waals surface area contributed by atoms with Crippen molar-refractivity contribution >= 4 is 20.1 Å². The Kier molecular flexibility index (Phi) is 10.9. The van der Waals surface area contributed by atoms with Crippen molar-refractivity contribution in [2.45, 2.75) is 117 Å². The monoisotopic (exact) mass is 450 g/mol. The zero-order valence-corrected chi connectivity index (χ0v) is 22.4. The van der Waals surface area contributed by atoms with E-state index in [1.165, 1.54) is 5.57 Å². The average Bonchev–Trinajstić information content (AvgIpc) is 2.61. The van der Waals surface area contributed by atoms with Gasteiger partial charge in [0.25, 0.3) is 0 Å². The molecule has 0 amide bonds. The van der Waals surface area contributed by atoms with E-state index in [-0.39, 0.29) is 35.1 Å². The van der Waals surface area contributed by atoms with Crippen molar-refractivity contribution in [1.82, 2.24) is 0 Å². The third kappa shape index (κ3) is 9.05. The Labute approximate surface area is 192 Å². The minimum Gasteiger partial charge on any atom is -0.463 e. The third-order valence-corrected chi connectivity index (χ3v) is 11.3. The second-order valence-electron chi connectivity index (χ2n) is 10.8. The smallest absolute Gasteiger partial charge is 0.306 e. The summed E-state index contributed by atoms with van der Waals surface area (Å²) in [6, 6.07) is 0. The highest BCUT2D eigenvalue weighted by molar-refractivity contribution is 6.74. The normalized spacial score (nSPS) is 23.6. The quantitative estimate of drug-likeness (QED) is 0.155. The number of carbonyl (C=O) groups is 2. The Balaban J connectivity index is 2.79. The predicted molar refractivity (Wildman–Crippen MR) is 132 cm³/mol. The molecular formula is C26H46O4Si. The number of Topliss-reactive ketones (excluding diaryl/α,β-unsaturated/α-hetero) is 1. The van der Waals surface area contributed by atoms with Gasteiger partial charge in [0, 0.05) is 25.2 Å². The van der Waals surface area contributed by atoms with Gasteiger partial charge in [0.15, 0.2) is 8.32 Å². The second-order valence-corrected chi connectivity index (χ2v) is 15.6. The molecule has 1 fully saturated rings. The average molecular weight is 451 g/mol. The number of unbranched alkanes of at least 4 members (excludes halogenated alkanes) is 1. The van der Waals surface area contributed by atoms with Crippen LogP contribution in [0.15, 0.2) is 23.8 Å². The largest absolute Gasteiger partial charge is 0.463 e. The SMILES string of the molecule is C/C=C(/C)[C@@H]1[C@@H](C/C=C\CCCC(=O)OC(C)C)CC(=O)C[C@H]1O[Si](C)(C)C(C)(C)C. The van der Waals surface area contributed by atoms with E-state index in [1.807, 2.05) is 13.8 Å². The Morgan fingerprint density at radius 2 is 1.84 bits per heavy atom. The van der Waals surface area contributed by atoms with Gasteiger partial charge in [-0.15, -0.1) is 0 Å². The van der Waals surface area contributed by atoms with Crippen LogP contribution >= 0.6 is 0 Å². The molecule has 0 aromatic rings. The number of hydrogen-bond donors (Lipinski definition) is 0. The van der Waals surface area contributed by atoms with E-state index in [9.17, 15) is 9.59 Å². The minimum atomic E-state index is -1.96. The summed E-state index contributed by atoms with van der Waals surface area (Å²) in [5.74, 6) is 0.742. The van der Waals surface area contributed by atoms with Crippen LogP contribution in [0.1, 0.15) is 87.0 Å². The number of ether oxygens (including phenoxy) is 1. The third-order valence-electron chi connectivity index (χ3n) is 6.78. The van der Waals surface area contributed by atoms with Gasteiger partial charge in [-0.05, 0) is 71.0 Å². The minimum absolute atomic E-state index is 0.0254. The van der Waals surface area contributed by atoms with Crippen molar-refractivity contribution < 1.29 is 18.8 Å². The van der Waals surface area contributed by atoms with E-state index in [0.717, 1.165) is 19.3 Å². The molecule has 1 saturated carbocycles. The van der Waals surface area contributed by atoms with Gasteiger partial charge >= 0.3 is 5.97 Å². The van der Waals surface area contributed by atoms with Crippen LogP contribution in [0, 0.1) is 11.8 Å². The van der Waals surface area contributed by atoms with Gasteiger partial charge in [0.1, 0.15) is 5.78 Å². The maximum atomic E-state index is 12.6. The van der Waals surface area contributed by atoms with Gasteiger partial charge in [0.2, 0.25) is 0 Å². The standard InChI is InChI=1S/C26H46O4Si/c1-10-20(4)25-21(15-13-11-12-14-16-24(28)29-19(2)3)17-22(27)18-23(25)30-31(8,9)26(5,6)7/h10-11,13,19,21,23,25H,12,14-18H2,1-9H3/b13-11-,20-10-/t21-,23+,25+/m0/s1. The van der Waals surface area contributed by atoms with Gasteiger partial charge in [-0.1, -0.05) is 44.6 Å². The van der Waals surface area contributed by atoms with Crippen molar-refractivity contribution in [2.24, 2.45) is 11.8 Å². The molecule has 0 aliphatic heterocycles. The van der Waals surface area contributed by atoms with Crippen molar-refractivity contribution in [3.63, 3.8) is 0 Å². The molecule has 1 rings (SSSR count). The zero-order chi connectivity index (χ0) is 23.8. The lowest BCUT2D eigenvalue weighted by Crippen LogP contribution is -2.49. The first-order valence-corrected chi connectivity index (χ1v) is 14.9. The fraction of sp³-hybridized carbons (Fsp3) is 0.769. The van der Waals surface area contributed by atoms with Crippen molar-refractivity contribution in [3.05, 3.63) is 23.8 Å². The molecule has 0 radical (unpaired) electrons. The molecule has 0 heterocycles. The number of ketones is 1. The highest BCUT2D eigenvalue weighted by Gasteiger charge is 2.45. The van der Waals surface area contributed by atoms with Crippen LogP contribution in [-0.4, -0.2) is 32.3 Å². The fourth-order valence-electron chi connectivity index (χ4n) is 3.99. The second kappa shape index (κ2) is 12.1. The summed E-state index contributed by atoms with van der Waals surface area (Å²) >= 11 is 0. The van der Waals surface area contributed by atoms with Crippen molar-refractivity contribution in [1.29, 1.82) is 0 Å². The topological polar surface area (TPSA) is 52.6 Å². The van der Waals surface area contributed by atoms with Crippen LogP contribution in [0.4, 0.5) is 0 Å². The summed E-state index contributed by atoms with van der Waals surface area (Å²) in [6.07, 6.45) is 10.6. The molecular weight excluding hydrogens is 404 g/mol. The number of hydrogen-bond acceptors (Lipinski definition) is 4. The van der Waals surface area contributed by atoms with E-state index in [1.54, 1.807) is 0 Å². The van der Waals surface area contributed by atoms with Gasteiger partial charge in [0.05, 0.1) is 12.2 Å². The highest BCUT2D eigenvalue weighted by Crippen LogP contribution is 2.43. The number of allylic oxidation sites excluding steroid dienone is 3. The Morgan fingerprint density at radius 1 is 1.19 bits per heavy atom. The van der Waals surface area contributed by atoms with Gasteiger partial charge in [-0.2, -0.15) is 0 Å². The first-order valence-electron chi connectivity index (χ1n) is 11.9. The van der Waals surface area contributed by atoms with Gasteiger partial charge in [-0.3, -0.25) is 9.59 Å². The lowest BCUT2D eigenvalue weighted by atomic mass is 9.71. The van der Waals surface area contributed by atoms with Crippen LogP contribution in [0.2, 0.25) is 18.1 Å². The lowest BCUT2D eigenvalue weighted by molar-refractivity contribution is -0.147. The van der Waals surface area contributed by atoms with Gasteiger partial charge < -0.3 is 9.16 Å². The molecule has 0 spiro atoms. The van der Waals surface area contributed by atoms with Crippen LogP contribution < -0.4 is 0 Å². The molecule has 0 aromatic heterocycles. The summed E-state index contributed by atoms with van der Waals surface area (Å²) in [6.45, 7) is 19.3. The Morgan fingerprint density at radius 3 is 2.39 bits per heavy atom. The molecule has 5 heteroatoms.